The third kappa shape index (κ3) is 3.31. The minimum Gasteiger partial charge on any atom is -0.317 e. The van der Waals surface area contributed by atoms with Gasteiger partial charge in [0.1, 0.15) is 9.84 Å². The van der Waals surface area contributed by atoms with Gasteiger partial charge in [0.15, 0.2) is 0 Å². The van der Waals surface area contributed by atoms with Crippen molar-refractivity contribution in [2.45, 2.75) is 57.9 Å². The number of rotatable bonds is 7. The van der Waals surface area contributed by atoms with Gasteiger partial charge in [0.25, 0.3) is 0 Å². The van der Waals surface area contributed by atoms with E-state index in [1.807, 2.05) is 0 Å². The van der Waals surface area contributed by atoms with Crippen LogP contribution in [-0.2, 0) is 9.84 Å². The van der Waals surface area contributed by atoms with Gasteiger partial charge in [-0.1, -0.05) is 6.92 Å². The molecule has 0 aromatic rings. The molecule has 0 radical (unpaired) electrons. The first kappa shape index (κ1) is 15.8. The molecule has 4 aliphatic carbocycles. The molecule has 0 amide bonds. The van der Waals surface area contributed by atoms with Crippen LogP contribution in [-0.4, -0.2) is 33.0 Å². The zero-order chi connectivity index (χ0) is 15.0. The van der Waals surface area contributed by atoms with Crippen molar-refractivity contribution in [2.75, 3.05) is 18.6 Å². The molecular formula is C17H31NO2S. The monoisotopic (exact) mass is 313 g/mol. The summed E-state index contributed by atoms with van der Waals surface area (Å²) in [4.78, 5) is 0. The lowest BCUT2D eigenvalue weighted by molar-refractivity contribution is -0.0519. The van der Waals surface area contributed by atoms with Crippen molar-refractivity contribution in [1.29, 1.82) is 0 Å². The summed E-state index contributed by atoms with van der Waals surface area (Å²) in [6.07, 6.45) is 9.14. The van der Waals surface area contributed by atoms with Gasteiger partial charge in [-0.3, -0.25) is 0 Å². The Morgan fingerprint density at radius 1 is 1.05 bits per heavy atom. The van der Waals surface area contributed by atoms with Gasteiger partial charge in [-0.15, -0.1) is 0 Å². The summed E-state index contributed by atoms with van der Waals surface area (Å²) in [5.74, 6) is 5.34. The summed E-state index contributed by atoms with van der Waals surface area (Å²) < 4.78 is 23.3. The van der Waals surface area contributed by atoms with Gasteiger partial charge >= 0.3 is 0 Å². The molecule has 21 heavy (non-hydrogen) atoms. The SMILES string of the molecule is CCS(=O)(=O)CCCC(NC)C1C2CC3CC(C2)CC1C3. The fourth-order valence-electron chi connectivity index (χ4n) is 5.82. The van der Waals surface area contributed by atoms with Gasteiger partial charge in [-0.2, -0.15) is 0 Å². The molecule has 1 unspecified atom stereocenters. The Labute approximate surface area is 130 Å². The summed E-state index contributed by atoms with van der Waals surface area (Å²) in [5, 5.41) is 3.54. The molecule has 0 saturated heterocycles. The zero-order valence-corrected chi connectivity index (χ0v) is 14.4. The highest BCUT2D eigenvalue weighted by Crippen LogP contribution is 2.57. The Bertz CT molecular complexity index is 431. The average Bonchev–Trinajstić information content (AvgIpc) is 2.44. The molecule has 0 aromatic heterocycles. The maximum atomic E-state index is 11.7. The molecule has 122 valence electrons. The van der Waals surface area contributed by atoms with Crippen LogP contribution in [0.4, 0.5) is 0 Å². The lowest BCUT2D eigenvalue weighted by Gasteiger charge is -2.56. The number of sulfone groups is 1. The van der Waals surface area contributed by atoms with E-state index in [-0.39, 0.29) is 5.75 Å². The fourth-order valence-corrected chi connectivity index (χ4v) is 6.72. The van der Waals surface area contributed by atoms with Gasteiger partial charge in [-0.25, -0.2) is 8.42 Å². The van der Waals surface area contributed by atoms with Gasteiger partial charge in [0.2, 0.25) is 0 Å². The van der Waals surface area contributed by atoms with Gasteiger partial charge in [-0.05, 0) is 81.6 Å². The van der Waals surface area contributed by atoms with E-state index in [9.17, 15) is 8.42 Å². The second kappa shape index (κ2) is 6.19. The predicted molar refractivity (Wildman–Crippen MR) is 86.9 cm³/mol. The largest absolute Gasteiger partial charge is 0.317 e. The van der Waals surface area contributed by atoms with Crippen molar-refractivity contribution in [3.63, 3.8) is 0 Å². The van der Waals surface area contributed by atoms with E-state index in [4.69, 9.17) is 0 Å². The fraction of sp³-hybridized carbons (Fsp3) is 1.00. The Morgan fingerprint density at radius 3 is 2.10 bits per heavy atom. The average molecular weight is 314 g/mol. The molecule has 0 spiro atoms. The summed E-state index contributed by atoms with van der Waals surface area (Å²) in [6.45, 7) is 1.75. The number of hydrogen-bond acceptors (Lipinski definition) is 3. The molecular weight excluding hydrogens is 282 g/mol. The highest BCUT2D eigenvalue weighted by Gasteiger charge is 2.49. The molecule has 0 aliphatic heterocycles. The molecule has 4 heteroatoms. The van der Waals surface area contributed by atoms with Crippen LogP contribution in [0.1, 0.15) is 51.9 Å². The molecule has 0 aromatic carbocycles. The van der Waals surface area contributed by atoms with E-state index in [1.165, 1.54) is 32.1 Å². The van der Waals surface area contributed by atoms with Crippen LogP contribution < -0.4 is 5.32 Å². The van der Waals surface area contributed by atoms with E-state index in [0.717, 1.165) is 42.4 Å². The van der Waals surface area contributed by atoms with E-state index >= 15 is 0 Å². The van der Waals surface area contributed by atoms with E-state index in [1.54, 1.807) is 6.92 Å². The normalized spacial score (nSPS) is 39.6. The second-order valence-corrected chi connectivity index (χ2v) is 10.3. The van der Waals surface area contributed by atoms with Crippen LogP contribution in [0.25, 0.3) is 0 Å². The highest BCUT2D eigenvalue weighted by molar-refractivity contribution is 7.91. The first-order chi connectivity index (χ1) is 10.0. The van der Waals surface area contributed by atoms with Crippen LogP contribution in [0.2, 0.25) is 0 Å². The standard InChI is InChI=1S/C17H31NO2S/c1-3-21(19,20)6-4-5-16(18-2)17-14-8-12-7-13(10-14)11-15(17)9-12/h12-18H,3-11H2,1-2H3. The van der Waals surface area contributed by atoms with Crippen LogP contribution in [0.5, 0.6) is 0 Å². The topological polar surface area (TPSA) is 46.2 Å². The van der Waals surface area contributed by atoms with Gasteiger partial charge < -0.3 is 5.32 Å². The molecule has 0 heterocycles. The third-order valence-corrected chi connectivity index (χ3v) is 8.34. The van der Waals surface area contributed by atoms with Crippen molar-refractivity contribution < 1.29 is 8.42 Å². The lowest BCUT2D eigenvalue weighted by atomic mass is 9.50. The first-order valence-corrected chi connectivity index (χ1v) is 10.7. The smallest absolute Gasteiger partial charge is 0.150 e. The molecule has 1 N–H and O–H groups in total. The van der Waals surface area contributed by atoms with Crippen LogP contribution in [0.15, 0.2) is 0 Å². The summed E-state index contributed by atoms with van der Waals surface area (Å²) >= 11 is 0. The Morgan fingerprint density at radius 2 is 1.62 bits per heavy atom. The molecule has 1 atom stereocenters. The molecule has 4 rings (SSSR count). The third-order valence-electron chi connectivity index (χ3n) is 6.55. The van der Waals surface area contributed by atoms with E-state index < -0.39 is 9.84 Å². The van der Waals surface area contributed by atoms with Crippen molar-refractivity contribution in [2.24, 2.45) is 29.6 Å². The maximum absolute atomic E-state index is 11.7. The van der Waals surface area contributed by atoms with Crippen LogP contribution in [0.3, 0.4) is 0 Å². The quantitative estimate of drug-likeness (QED) is 0.786. The summed E-state index contributed by atoms with van der Waals surface area (Å²) in [6, 6.07) is 0.534. The Kier molecular flexibility index (Phi) is 4.66. The van der Waals surface area contributed by atoms with Gasteiger partial charge in [0, 0.05) is 11.8 Å². The van der Waals surface area contributed by atoms with Gasteiger partial charge in [0.05, 0.1) is 5.75 Å². The number of nitrogens with one attached hydrogen (secondary N) is 1. The van der Waals surface area contributed by atoms with Crippen molar-refractivity contribution in [3.05, 3.63) is 0 Å². The minimum atomic E-state index is -2.80. The minimum absolute atomic E-state index is 0.287. The van der Waals surface area contributed by atoms with Crippen LogP contribution >= 0.6 is 0 Å². The Balaban J connectivity index is 1.59. The van der Waals surface area contributed by atoms with Crippen molar-refractivity contribution in [3.8, 4) is 0 Å². The first-order valence-electron chi connectivity index (χ1n) is 8.90. The molecule has 4 fully saturated rings. The predicted octanol–water partition coefficient (Wildman–Crippen LogP) is 2.86. The molecule has 3 nitrogen and oxygen atoms in total. The zero-order valence-electron chi connectivity index (χ0n) is 13.6. The maximum Gasteiger partial charge on any atom is 0.150 e. The second-order valence-electron chi connectivity index (χ2n) is 7.78. The van der Waals surface area contributed by atoms with Crippen molar-refractivity contribution in [1.82, 2.24) is 5.32 Å². The number of hydrogen-bond donors (Lipinski definition) is 1. The molecule has 4 aliphatic rings. The highest BCUT2D eigenvalue weighted by atomic mass is 32.2. The summed E-state index contributed by atoms with van der Waals surface area (Å²) in [5.41, 5.74) is 0. The van der Waals surface area contributed by atoms with E-state index in [0.29, 0.717) is 11.8 Å². The molecule has 4 saturated carbocycles. The van der Waals surface area contributed by atoms with Crippen molar-refractivity contribution >= 4 is 9.84 Å². The molecule has 4 bridgehead atoms. The summed E-state index contributed by atoms with van der Waals surface area (Å²) in [7, 11) is -0.729. The van der Waals surface area contributed by atoms with Crippen LogP contribution in [0, 0.1) is 29.6 Å². The van der Waals surface area contributed by atoms with E-state index in [2.05, 4.69) is 12.4 Å². The lowest BCUT2D eigenvalue weighted by Crippen LogP contribution is -2.52. The Hall–Kier alpha value is -0.0900.